The number of carbonyl (C=O) groups excluding carboxylic acids is 3. The Kier molecular flexibility index (Phi) is 25.7. The number of aliphatic hydroxyl groups is 5. The van der Waals surface area contributed by atoms with Gasteiger partial charge in [0.15, 0.2) is 41.8 Å². The highest BCUT2D eigenvalue weighted by molar-refractivity contribution is 14.1. The summed E-state index contributed by atoms with van der Waals surface area (Å²) in [5.74, 6) is 11.3. The van der Waals surface area contributed by atoms with E-state index in [1.165, 1.54) is 64.9 Å². The number of hydroxylamine groups is 1. The number of fused-ring (bicyclic) bond motifs is 2. The maximum atomic E-state index is 14.4. The number of hydrogen-bond acceptors (Lipinski definition) is 27. The molecule has 19 atom stereocenters. The summed E-state index contributed by atoms with van der Waals surface area (Å²) in [6, 6.07) is -1.27. The molecule has 1 aromatic rings. The number of allylic oxidation sites excluding steroid dienone is 3. The summed E-state index contributed by atoms with van der Waals surface area (Å²) in [6.07, 6.45) is -11.9. The van der Waals surface area contributed by atoms with Crippen LogP contribution >= 0.6 is 65.8 Å². The Morgan fingerprint density at radius 2 is 1.61 bits per heavy atom. The lowest BCUT2D eigenvalue weighted by Gasteiger charge is -2.46. The van der Waals surface area contributed by atoms with Crippen molar-refractivity contribution in [3.05, 3.63) is 49.8 Å². The molecule has 4 heterocycles. The van der Waals surface area contributed by atoms with Crippen molar-refractivity contribution in [1.82, 2.24) is 16.1 Å². The van der Waals surface area contributed by atoms with E-state index in [1.807, 2.05) is 35.8 Å². The lowest BCUT2D eigenvalue weighted by Crippen LogP contribution is -2.65. The molecule has 7 rings (SSSR count). The minimum atomic E-state index is -2.05. The first kappa shape index (κ1) is 68.5. The molecule has 0 spiro atoms. The number of amides is 1. The van der Waals surface area contributed by atoms with Crippen LogP contribution in [0.25, 0.3) is 0 Å². The van der Waals surface area contributed by atoms with E-state index in [2.05, 4.69) is 39.8 Å². The van der Waals surface area contributed by atoms with E-state index in [-0.39, 0.29) is 71.2 Å². The molecule has 0 saturated carbocycles. The highest BCUT2D eigenvalue weighted by atomic mass is 127. The fraction of sp³-hybridized carbons (Fsp3) is 0.655. The number of hydrogen-bond donors (Lipinski definition) is 8. The van der Waals surface area contributed by atoms with Crippen molar-refractivity contribution in [3.63, 3.8) is 0 Å². The number of aliphatic hydroxyl groups excluding tert-OH is 4. The van der Waals surface area contributed by atoms with Gasteiger partial charge in [-0.05, 0) is 90.6 Å². The number of methoxy groups -OCH3 is 5. The van der Waals surface area contributed by atoms with Crippen LogP contribution in [-0.2, 0) is 52.3 Å². The highest BCUT2D eigenvalue weighted by Gasteiger charge is 2.52. The van der Waals surface area contributed by atoms with Gasteiger partial charge >= 0.3 is 6.09 Å². The predicted molar refractivity (Wildman–Crippen MR) is 320 cm³/mol. The summed E-state index contributed by atoms with van der Waals surface area (Å²) in [6.45, 7) is 9.41. The smallest absolute Gasteiger partial charge is 0.411 e. The van der Waals surface area contributed by atoms with E-state index < -0.39 is 127 Å². The van der Waals surface area contributed by atoms with E-state index in [0.29, 0.717) is 21.4 Å². The number of halogens is 1. The largest absolute Gasteiger partial charge is 0.492 e. The number of benzene rings is 1. The SMILES string of the molecule is CCNC1COC(OC2C(OC3C#C/C=C\C#CC4(O)CC(=O)C(NC(=O)OC)=C3/C4=C\CSSSC)OC(C)C(NOC3CC(O)C(SC(=O)c4c(C)c(I)c(OC5OC(C)C(O)C(OC)C5O)c(OC)c4OC)C(C)O3)C2O)CC1OC. The van der Waals surface area contributed by atoms with Crippen molar-refractivity contribution in [2.45, 2.75) is 169 Å². The zero-order chi connectivity index (χ0) is 61.2. The minimum Gasteiger partial charge on any atom is -0.492 e. The number of alkyl carbamates (subject to hydrolysis) is 1. The summed E-state index contributed by atoms with van der Waals surface area (Å²) in [5, 5.41) is 62.7. The van der Waals surface area contributed by atoms with E-state index in [0.717, 1.165) is 18.9 Å². The van der Waals surface area contributed by atoms with Gasteiger partial charge in [-0.3, -0.25) is 19.7 Å². The number of likely N-dealkylation sites (N-methyl/N-ethyl adjacent to an activating group) is 1. The Hall–Kier alpha value is -2.94. The number of nitrogens with one attached hydrogen (secondary N) is 3. The molecule has 0 radical (unpaired) electrons. The summed E-state index contributed by atoms with van der Waals surface area (Å²) in [5.41, 5.74) is 1.30. The Bertz CT molecular complexity index is 2710. The van der Waals surface area contributed by atoms with E-state index in [9.17, 15) is 39.9 Å². The molecule has 4 aliphatic heterocycles. The molecule has 19 unspecified atom stereocenters. The third-order valence-corrected chi connectivity index (χ3v) is 21.2. The van der Waals surface area contributed by atoms with Gasteiger partial charge in [-0.15, -0.1) is 0 Å². The molecule has 4 fully saturated rings. The molecule has 8 N–H and O–H groups in total. The lowest BCUT2D eigenvalue weighted by atomic mass is 9.75. The minimum absolute atomic E-state index is 0.0155. The molecule has 1 amide bonds. The van der Waals surface area contributed by atoms with Crippen LogP contribution in [0.15, 0.2) is 35.1 Å². The molecule has 2 aliphatic carbocycles. The average molecular weight is 1370 g/mol. The van der Waals surface area contributed by atoms with Crippen LogP contribution in [0.3, 0.4) is 0 Å². The maximum absolute atomic E-state index is 14.4. The van der Waals surface area contributed by atoms with Gasteiger partial charge in [0.2, 0.25) is 17.2 Å². The molecule has 4 saturated heterocycles. The van der Waals surface area contributed by atoms with Gasteiger partial charge in [-0.1, -0.05) is 70.0 Å². The number of rotatable bonds is 22. The van der Waals surface area contributed by atoms with Gasteiger partial charge in [-0.25, -0.2) is 4.79 Å². The van der Waals surface area contributed by atoms with E-state index in [4.69, 9.17) is 61.7 Å². The molecule has 2 bridgehead atoms. The van der Waals surface area contributed by atoms with Crippen LogP contribution in [-0.4, -0.2) is 218 Å². The van der Waals surface area contributed by atoms with Crippen LogP contribution < -0.4 is 30.3 Å². The molecule has 29 heteroatoms. The first-order chi connectivity index (χ1) is 40.2. The summed E-state index contributed by atoms with van der Waals surface area (Å²) in [4.78, 5) is 47.5. The van der Waals surface area contributed by atoms with E-state index in [1.54, 1.807) is 40.9 Å². The van der Waals surface area contributed by atoms with E-state index >= 15 is 0 Å². The Morgan fingerprint density at radius 3 is 2.27 bits per heavy atom. The summed E-state index contributed by atoms with van der Waals surface area (Å²) < 4.78 is 72.5. The molecule has 1 aromatic carbocycles. The van der Waals surface area contributed by atoms with Gasteiger partial charge < -0.3 is 87.7 Å². The van der Waals surface area contributed by atoms with Gasteiger partial charge in [0.25, 0.3) is 0 Å². The summed E-state index contributed by atoms with van der Waals surface area (Å²) in [7, 11) is 11.3. The number of Topliss-reactive ketones (excluding diaryl/α,β-unsaturated/α-hetero) is 1. The van der Waals surface area contributed by atoms with Gasteiger partial charge in [0.1, 0.15) is 36.6 Å². The Balaban J connectivity index is 1.12. The maximum Gasteiger partial charge on any atom is 0.411 e. The van der Waals surface area contributed by atoms with Crippen LogP contribution in [0.4, 0.5) is 4.79 Å². The van der Waals surface area contributed by atoms with Crippen molar-refractivity contribution in [2.75, 3.05) is 60.7 Å². The van der Waals surface area contributed by atoms with Gasteiger partial charge in [0, 0.05) is 44.0 Å². The molecule has 466 valence electrons. The Morgan fingerprint density at radius 1 is 0.881 bits per heavy atom. The van der Waals surface area contributed by atoms with Crippen LogP contribution in [0, 0.1) is 34.2 Å². The highest BCUT2D eigenvalue weighted by Crippen LogP contribution is 2.49. The molecule has 24 nitrogen and oxygen atoms in total. The normalized spacial score (nSPS) is 35.9. The van der Waals surface area contributed by atoms with Crippen molar-refractivity contribution in [3.8, 4) is 40.9 Å². The third kappa shape index (κ3) is 15.7. The van der Waals surface area contributed by atoms with Crippen LogP contribution in [0.1, 0.15) is 62.9 Å². The second-order valence-corrected chi connectivity index (χ2v) is 26.7. The first-order valence-electron chi connectivity index (χ1n) is 26.9. The molecular formula is C55H74IN3O21S4. The predicted octanol–water partition coefficient (Wildman–Crippen LogP) is 3.20. The lowest BCUT2D eigenvalue weighted by molar-refractivity contribution is -0.336. The van der Waals surface area contributed by atoms with Crippen molar-refractivity contribution < 1.29 is 102 Å². The standard InChI is InChI=1S/C55H74IN3O21S4/c1-12-57-30-24-73-35(22-34(30)68-6)78-48-43(63)40(26(3)75-53(48)77-33-17-15-13-14-16-19-55(67)23-32(61)41(58-54(66)72-10)38(33)29(55)18-20-82-84-81-11)59-80-36-21-31(60)50(28(5)74-36)83-51(65)37-25(2)39(56)46(49(71-9)45(37)69-7)79-52-44(64)47(70-8)42(62)27(4)76-52/h13-14,18,26-28,30-31,33-36,40,42-44,47-48,50,52-53,57,59-60,62-64,67H,12,20-24H2,1-11H3,(H,58,66)/b14-13-,29-18+. The zero-order valence-electron chi connectivity index (χ0n) is 48.1. The molecule has 0 aromatic heterocycles. The average Bonchev–Trinajstić information content (AvgIpc) is 1.36. The number of thioether (sulfide) groups is 1. The number of ketones is 1. The first-order valence-corrected chi connectivity index (χ1v) is 32.9. The molecular weight excluding hydrogens is 1290 g/mol. The second kappa shape index (κ2) is 31.5. The molecule has 6 aliphatic rings. The third-order valence-electron chi connectivity index (χ3n) is 14.8. The van der Waals surface area contributed by atoms with Gasteiger partial charge in [-0.2, -0.15) is 5.48 Å². The van der Waals surface area contributed by atoms with Crippen molar-refractivity contribution in [1.29, 1.82) is 0 Å². The fourth-order valence-electron chi connectivity index (χ4n) is 10.5. The second-order valence-electron chi connectivity index (χ2n) is 20.1. The summed E-state index contributed by atoms with van der Waals surface area (Å²) >= 11 is 2.83. The topological polar surface area (TPSA) is 308 Å². The number of ether oxygens (including phenoxy) is 12. The Labute approximate surface area is 517 Å². The molecule has 84 heavy (non-hydrogen) atoms. The van der Waals surface area contributed by atoms with Crippen molar-refractivity contribution >= 4 is 82.8 Å². The van der Waals surface area contributed by atoms with Crippen molar-refractivity contribution in [2.24, 2.45) is 0 Å². The quantitative estimate of drug-likeness (QED) is 0.0272. The number of carbonyl (C=O) groups is 3. The zero-order valence-corrected chi connectivity index (χ0v) is 53.6. The van der Waals surface area contributed by atoms with Crippen LogP contribution in [0.5, 0.6) is 17.2 Å². The monoisotopic (exact) mass is 1370 g/mol. The van der Waals surface area contributed by atoms with Crippen LogP contribution in [0.2, 0.25) is 0 Å². The van der Waals surface area contributed by atoms with Gasteiger partial charge in [0.05, 0.1) is 97.0 Å². The fourth-order valence-corrected chi connectivity index (χ4v) is 14.7.